The molecule has 29 heavy (non-hydrogen) atoms. The summed E-state index contributed by atoms with van der Waals surface area (Å²) in [6.45, 7) is 0. The van der Waals surface area contributed by atoms with E-state index >= 15 is 0 Å². The van der Waals surface area contributed by atoms with Gasteiger partial charge < -0.3 is 10.4 Å². The monoisotopic (exact) mass is 409 g/mol. The fourth-order valence-electron chi connectivity index (χ4n) is 4.31. The Kier molecular flexibility index (Phi) is 4.33. The second kappa shape index (κ2) is 6.90. The molecule has 2 aliphatic heterocycles. The first-order chi connectivity index (χ1) is 14.0. The van der Waals surface area contributed by atoms with Crippen LogP contribution in [0.4, 0.5) is 0 Å². The van der Waals surface area contributed by atoms with Crippen LogP contribution in [0.1, 0.15) is 40.2 Å². The van der Waals surface area contributed by atoms with Crippen LogP contribution in [0.5, 0.6) is 0 Å². The summed E-state index contributed by atoms with van der Waals surface area (Å²) in [6, 6.07) is 14.6. The standard InChI is InChI=1S/C22H20ClN3O3/c23-16-9-7-13(8-10-16)19-20(14-3-4-14)25-26-18(27)11-17(24-21(19)26)12-1-5-15(6-2-12)22(28)29/h1-2,5-11,14,19-21,24-25H,3-4H2,(H,28,29). The molecule has 1 amide bonds. The Bertz CT molecular complexity index is 999. The molecular formula is C22H20ClN3O3. The van der Waals surface area contributed by atoms with Crippen molar-refractivity contribution in [3.8, 4) is 0 Å². The number of hydrogen-bond donors (Lipinski definition) is 3. The second-order valence-corrected chi connectivity index (χ2v) is 8.24. The molecule has 2 aromatic rings. The van der Waals surface area contributed by atoms with Crippen molar-refractivity contribution in [3.05, 3.63) is 76.3 Å². The molecule has 0 bridgehead atoms. The van der Waals surface area contributed by atoms with E-state index in [0.717, 1.165) is 24.0 Å². The van der Waals surface area contributed by atoms with Crippen LogP contribution in [0, 0.1) is 5.92 Å². The Morgan fingerprint density at radius 3 is 2.38 bits per heavy atom. The van der Waals surface area contributed by atoms with Crippen LogP contribution in [0.2, 0.25) is 5.02 Å². The van der Waals surface area contributed by atoms with Crippen molar-refractivity contribution in [2.24, 2.45) is 5.92 Å². The average Bonchev–Trinajstić information content (AvgIpc) is 3.49. The number of hydrogen-bond acceptors (Lipinski definition) is 4. The number of benzene rings is 2. The Labute approximate surface area is 173 Å². The van der Waals surface area contributed by atoms with Crippen LogP contribution in [-0.4, -0.2) is 34.2 Å². The molecule has 2 fully saturated rings. The van der Waals surface area contributed by atoms with Gasteiger partial charge in [-0.25, -0.2) is 10.2 Å². The van der Waals surface area contributed by atoms with E-state index in [-0.39, 0.29) is 29.6 Å². The number of rotatable bonds is 4. The van der Waals surface area contributed by atoms with E-state index in [4.69, 9.17) is 16.7 Å². The van der Waals surface area contributed by atoms with Gasteiger partial charge in [0.05, 0.1) is 5.56 Å². The van der Waals surface area contributed by atoms with Gasteiger partial charge in [0.25, 0.3) is 5.91 Å². The van der Waals surface area contributed by atoms with Gasteiger partial charge in [-0.3, -0.25) is 9.80 Å². The molecule has 3 N–H and O–H groups in total. The van der Waals surface area contributed by atoms with Gasteiger partial charge in [0.1, 0.15) is 6.17 Å². The van der Waals surface area contributed by atoms with E-state index in [0.29, 0.717) is 16.6 Å². The number of carbonyl (C=O) groups excluding carboxylic acids is 1. The number of carboxylic acid groups (broad SMARTS) is 1. The molecule has 3 aliphatic rings. The van der Waals surface area contributed by atoms with Crippen molar-refractivity contribution < 1.29 is 14.7 Å². The Morgan fingerprint density at radius 2 is 1.76 bits per heavy atom. The molecule has 7 heteroatoms. The largest absolute Gasteiger partial charge is 0.478 e. The second-order valence-electron chi connectivity index (χ2n) is 7.81. The van der Waals surface area contributed by atoms with Gasteiger partial charge in [-0.1, -0.05) is 35.9 Å². The summed E-state index contributed by atoms with van der Waals surface area (Å²) in [5.41, 5.74) is 6.26. The fourth-order valence-corrected chi connectivity index (χ4v) is 4.44. The third-order valence-electron chi connectivity index (χ3n) is 5.93. The zero-order chi connectivity index (χ0) is 20.1. The van der Waals surface area contributed by atoms with Crippen LogP contribution in [-0.2, 0) is 4.79 Å². The fraction of sp³-hybridized carbons (Fsp3) is 0.273. The van der Waals surface area contributed by atoms with Crippen molar-refractivity contribution in [3.63, 3.8) is 0 Å². The summed E-state index contributed by atoms with van der Waals surface area (Å²) in [5, 5.41) is 15.0. The van der Waals surface area contributed by atoms with Crippen LogP contribution in [0.3, 0.4) is 0 Å². The maximum Gasteiger partial charge on any atom is 0.335 e. The summed E-state index contributed by atoms with van der Waals surface area (Å²) in [5.74, 6) is -0.437. The molecule has 1 aliphatic carbocycles. The number of amides is 1. The molecule has 0 spiro atoms. The molecular weight excluding hydrogens is 390 g/mol. The van der Waals surface area contributed by atoms with E-state index in [9.17, 15) is 9.59 Å². The van der Waals surface area contributed by atoms with E-state index in [1.54, 1.807) is 35.4 Å². The number of nitrogens with one attached hydrogen (secondary N) is 2. The number of carboxylic acids is 1. The molecule has 0 aromatic heterocycles. The number of carbonyl (C=O) groups is 2. The first-order valence-corrected chi connectivity index (χ1v) is 10.1. The number of fused-ring (bicyclic) bond motifs is 1. The molecule has 0 radical (unpaired) electrons. The molecule has 5 rings (SSSR count). The number of aromatic carboxylic acids is 1. The quantitative estimate of drug-likeness (QED) is 0.722. The Hall–Kier alpha value is -2.83. The molecule has 2 heterocycles. The van der Waals surface area contributed by atoms with Crippen LogP contribution in [0.25, 0.3) is 5.70 Å². The van der Waals surface area contributed by atoms with Crippen LogP contribution < -0.4 is 10.7 Å². The molecule has 1 saturated heterocycles. The van der Waals surface area contributed by atoms with E-state index in [2.05, 4.69) is 10.7 Å². The van der Waals surface area contributed by atoms with Gasteiger partial charge >= 0.3 is 5.97 Å². The van der Waals surface area contributed by atoms with Gasteiger partial charge in [-0.15, -0.1) is 0 Å². The van der Waals surface area contributed by atoms with Crippen molar-refractivity contribution in [1.29, 1.82) is 0 Å². The third kappa shape index (κ3) is 3.28. The van der Waals surface area contributed by atoms with Crippen LogP contribution >= 0.6 is 11.6 Å². The van der Waals surface area contributed by atoms with Crippen molar-refractivity contribution in [2.45, 2.75) is 31.0 Å². The number of halogens is 1. The van der Waals surface area contributed by atoms with Crippen LogP contribution in [0.15, 0.2) is 54.6 Å². The maximum atomic E-state index is 12.9. The highest BCUT2D eigenvalue weighted by molar-refractivity contribution is 6.30. The maximum absolute atomic E-state index is 12.9. The first kappa shape index (κ1) is 18.2. The topological polar surface area (TPSA) is 81.7 Å². The molecule has 2 aromatic carbocycles. The predicted octanol–water partition coefficient (Wildman–Crippen LogP) is 3.22. The minimum Gasteiger partial charge on any atom is -0.478 e. The minimum atomic E-state index is -0.973. The summed E-state index contributed by atoms with van der Waals surface area (Å²) < 4.78 is 0. The summed E-state index contributed by atoms with van der Waals surface area (Å²) in [7, 11) is 0. The molecule has 6 nitrogen and oxygen atoms in total. The third-order valence-corrected chi connectivity index (χ3v) is 6.18. The summed E-state index contributed by atoms with van der Waals surface area (Å²) in [4.78, 5) is 24.0. The highest BCUT2D eigenvalue weighted by atomic mass is 35.5. The molecule has 148 valence electrons. The highest BCUT2D eigenvalue weighted by Crippen LogP contribution is 2.45. The van der Waals surface area contributed by atoms with Crippen molar-refractivity contribution in [1.82, 2.24) is 15.8 Å². The lowest BCUT2D eigenvalue weighted by molar-refractivity contribution is -0.131. The van der Waals surface area contributed by atoms with Gasteiger partial charge in [0, 0.05) is 28.8 Å². The number of hydrazine groups is 1. The molecule has 1 saturated carbocycles. The van der Waals surface area contributed by atoms with E-state index < -0.39 is 5.97 Å². The SMILES string of the molecule is O=C(O)c1ccc(C2=CC(=O)N3NC(C4CC4)C(c4ccc(Cl)cc4)C3N2)cc1. The van der Waals surface area contributed by atoms with Gasteiger partial charge in [-0.05, 0) is 54.2 Å². The lowest BCUT2D eigenvalue weighted by Gasteiger charge is -2.33. The van der Waals surface area contributed by atoms with Crippen molar-refractivity contribution in [2.75, 3.05) is 0 Å². The van der Waals surface area contributed by atoms with E-state index in [1.165, 1.54) is 0 Å². The molecule has 3 atom stereocenters. The van der Waals surface area contributed by atoms with E-state index in [1.807, 2.05) is 24.3 Å². The van der Waals surface area contributed by atoms with Gasteiger partial charge in [-0.2, -0.15) is 0 Å². The minimum absolute atomic E-state index is 0.0886. The van der Waals surface area contributed by atoms with Crippen molar-refractivity contribution >= 4 is 29.2 Å². The lowest BCUT2D eigenvalue weighted by atomic mass is 9.87. The summed E-state index contributed by atoms with van der Waals surface area (Å²) >= 11 is 6.08. The Balaban J connectivity index is 1.48. The van der Waals surface area contributed by atoms with Gasteiger partial charge in [0.2, 0.25) is 0 Å². The normalized spacial score (nSPS) is 26.0. The molecule has 3 unspecified atom stereocenters. The highest BCUT2D eigenvalue weighted by Gasteiger charge is 2.51. The smallest absolute Gasteiger partial charge is 0.335 e. The number of nitrogens with zero attached hydrogens (tertiary/aromatic N) is 1. The lowest BCUT2D eigenvalue weighted by Crippen LogP contribution is -2.52. The predicted molar refractivity (Wildman–Crippen MR) is 109 cm³/mol. The zero-order valence-corrected chi connectivity index (χ0v) is 16.3. The zero-order valence-electron chi connectivity index (χ0n) is 15.5. The Morgan fingerprint density at radius 1 is 1.07 bits per heavy atom. The first-order valence-electron chi connectivity index (χ1n) is 9.68. The average molecular weight is 410 g/mol. The summed E-state index contributed by atoms with van der Waals surface area (Å²) in [6.07, 6.45) is 3.65. The van der Waals surface area contributed by atoms with Gasteiger partial charge in [0.15, 0.2) is 0 Å².